The molecule has 1 aliphatic heterocycles. The quantitative estimate of drug-likeness (QED) is 0.886. The summed E-state index contributed by atoms with van der Waals surface area (Å²) in [4.78, 5) is 15.0. The lowest BCUT2D eigenvalue weighted by Crippen LogP contribution is -2.40. The summed E-state index contributed by atoms with van der Waals surface area (Å²) in [7, 11) is 3.31. The van der Waals surface area contributed by atoms with Crippen LogP contribution in [0.5, 0.6) is 11.5 Å². The van der Waals surface area contributed by atoms with Gasteiger partial charge >= 0.3 is 0 Å². The van der Waals surface area contributed by atoms with Gasteiger partial charge in [-0.25, -0.2) is 0 Å². The van der Waals surface area contributed by atoms with Crippen molar-refractivity contribution in [2.75, 3.05) is 33.9 Å². The number of methoxy groups -OCH3 is 2. The third kappa shape index (κ3) is 4.04. The van der Waals surface area contributed by atoms with Crippen molar-refractivity contribution in [2.24, 2.45) is 17.6 Å². The van der Waals surface area contributed by atoms with Crippen LogP contribution in [0.1, 0.15) is 30.4 Å². The fraction of sp³-hybridized carbons (Fsp3) is 0.632. The molecule has 2 aliphatic rings. The van der Waals surface area contributed by atoms with Gasteiger partial charge in [0.1, 0.15) is 0 Å². The Kier molecular flexibility index (Phi) is 6.96. The highest BCUT2D eigenvalue weighted by Crippen LogP contribution is 2.35. The summed E-state index contributed by atoms with van der Waals surface area (Å²) in [5, 5.41) is 0. The molecule has 0 bridgehead atoms. The summed E-state index contributed by atoms with van der Waals surface area (Å²) in [6.45, 7) is 2.17. The third-order valence-corrected chi connectivity index (χ3v) is 5.60. The van der Waals surface area contributed by atoms with E-state index in [-0.39, 0.29) is 18.3 Å². The van der Waals surface area contributed by atoms with Crippen LogP contribution in [-0.2, 0) is 17.6 Å². The number of ether oxygens (including phenoxy) is 2. The fourth-order valence-corrected chi connectivity index (χ4v) is 4.15. The van der Waals surface area contributed by atoms with Gasteiger partial charge in [-0.15, -0.1) is 12.4 Å². The van der Waals surface area contributed by atoms with Crippen molar-refractivity contribution in [3.05, 3.63) is 23.3 Å². The van der Waals surface area contributed by atoms with E-state index in [0.29, 0.717) is 18.4 Å². The van der Waals surface area contributed by atoms with Crippen molar-refractivity contribution in [3.63, 3.8) is 0 Å². The highest BCUT2D eigenvalue weighted by molar-refractivity contribution is 5.85. The summed E-state index contributed by atoms with van der Waals surface area (Å²) < 4.78 is 10.8. The lowest BCUT2D eigenvalue weighted by Gasteiger charge is -2.26. The number of nitrogens with zero attached hydrogens (tertiary/aromatic N) is 1. The van der Waals surface area contributed by atoms with Crippen LogP contribution in [0.2, 0.25) is 0 Å². The van der Waals surface area contributed by atoms with Gasteiger partial charge in [0, 0.05) is 19.0 Å². The Bertz CT molecular complexity index is 574. The number of nitrogens with two attached hydrogens (primary N) is 1. The maximum Gasteiger partial charge on any atom is 0.226 e. The molecule has 1 saturated carbocycles. The standard InChI is InChI=1S/C19H28N2O3.ClH/c1-23-17-10-13-6-8-21(9-7-14(13)11-18(17)24-2)19(22)16-5-3-4-15(16)12-20;/h10-11,15-16H,3-9,12,20H2,1-2H3;1H/t15-,16-;/m1./s1. The number of benzene rings is 1. The Labute approximate surface area is 156 Å². The second-order valence-electron chi connectivity index (χ2n) is 6.83. The van der Waals surface area contributed by atoms with Gasteiger partial charge in [-0.3, -0.25) is 4.79 Å². The van der Waals surface area contributed by atoms with E-state index in [1.54, 1.807) is 14.2 Å². The van der Waals surface area contributed by atoms with Crippen molar-refractivity contribution in [1.29, 1.82) is 0 Å². The number of carbonyl (C=O) groups is 1. The van der Waals surface area contributed by atoms with Gasteiger partial charge in [0.25, 0.3) is 0 Å². The number of rotatable bonds is 4. The monoisotopic (exact) mass is 368 g/mol. The van der Waals surface area contributed by atoms with Gasteiger partial charge < -0.3 is 20.1 Å². The van der Waals surface area contributed by atoms with Crippen LogP contribution < -0.4 is 15.2 Å². The molecule has 0 spiro atoms. The molecular formula is C19H29ClN2O3. The van der Waals surface area contributed by atoms with Crippen LogP contribution in [0, 0.1) is 11.8 Å². The SMILES string of the molecule is COc1cc2c(cc1OC)CCN(C(=O)[C@@H]1CCC[C@@H]1CN)CC2.Cl. The molecule has 1 fully saturated rings. The average molecular weight is 369 g/mol. The first kappa shape index (κ1) is 19.9. The first-order valence-corrected chi connectivity index (χ1v) is 8.90. The number of hydrogen-bond donors (Lipinski definition) is 1. The molecule has 3 rings (SSSR count). The Hall–Kier alpha value is -1.46. The summed E-state index contributed by atoms with van der Waals surface area (Å²) >= 11 is 0. The number of fused-ring (bicyclic) bond motifs is 1. The van der Waals surface area contributed by atoms with Crippen molar-refractivity contribution in [3.8, 4) is 11.5 Å². The molecule has 0 unspecified atom stereocenters. The number of amides is 1. The van der Waals surface area contributed by atoms with Gasteiger partial charge in [0.15, 0.2) is 11.5 Å². The van der Waals surface area contributed by atoms with Crippen molar-refractivity contribution < 1.29 is 14.3 Å². The molecule has 0 saturated heterocycles. The topological polar surface area (TPSA) is 64.8 Å². The van der Waals surface area contributed by atoms with E-state index >= 15 is 0 Å². The first-order chi connectivity index (χ1) is 11.7. The predicted octanol–water partition coefficient (Wildman–Crippen LogP) is 2.43. The zero-order chi connectivity index (χ0) is 17.1. The Morgan fingerprint density at radius 1 is 1.12 bits per heavy atom. The minimum Gasteiger partial charge on any atom is -0.493 e. The number of halogens is 1. The lowest BCUT2D eigenvalue weighted by molar-refractivity contribution is -0.136. The molecule has 5 nitrogen and oxygen atoms in total. The van der Waals surface area contributed by atoms with Crippen LogP contribution in [0.25, 0.3) is 0 Å². The lowest BCUT2D eigenvalue weighted by atomic mass is 9.94. The molecule has 1 aromatic rings. The third-order valence-electron chi connectivity index (χ3n) is 5.60. The summed E-state index contributed by atoms with van der Waals surface area (Å²) in [6, 6.07) is 4.11. The Morgan fingerprint density at radius 2 is 1.68 bits per heavy atom. The number of hydrogen-bond acceptors (Lipinski definition) is 4. The normalized spacial score (nSPS) is 22.6. The van der Waals surface area contributed by atoms with Crippen LogP contribution in [0.3, 0.4) is 0 Å². The predicted molar refractivity (Wildman–Crippen MR) is 101 cm³/mol. The van der Waals surface area contributed by atoms with E-state index in [1.807, 2.05) is 4.90 Å². The van der Waals surface area contributed by atoms with Crippen LogP contribution in [0.15, 0.2) is 12.1 Å². The van der Waals surface area contributed by atoms with Crippen molar-refractivity contribution in [1.82, 2.24) is 4.90 Å². The van der Waals surface area contributed by atoms with Crippen molar-refractivity contribution >= 4 is 18.3 Å². The molecule has 1 amide bonds. The van der Waals surface area contributed by atoms with E-state index < -0.39 is 0 Å². The Morgan fingerprint density at radius 3 is 2.16 bits per heavy atom. The second kappa shape index (κ2) is 8.77. The first-order valence-electron chi connectivity index (χ1n) is 8.90. The van der Waals surface area contributed by atoms with E-state index in [4.69, 9.17) is 15.2 Å². The zero-order valence-electron chi connectivity index (χ0n) is 15.1. The highest BCUT2D eigenvalue weighted by Gasteiger charge is 2.35. The molecule has 6 heteroatoms. The fourth-order valence-electron chi connectivity index (χ4n) is 4.15. The van der Waals surface area contributed by atoms with Gasteiger partial charge in [-0.1, -0.05) is 6.42 Å². The summed E-state index contributed by atoms with van der Waals surface area (Å²) in [6.07, 6.45) is 4.94. The molecule has 2 N–H and O–H groups in total. The largest absolute Gasteiger partial charge is 0.493 e. The second-order valence-corrected chi connectivity index (χ2v) is 6.83. The minimum atomic E-state index is 0. The van der Waals surface area contributed by atoms with Gasteiger partial charge in [-0.2, -0.15) is 0 Å². The number of carbonyl (C=O) groups excluding carboxylic acids is 1. The van der Waals surface area contributed by atoms with E-state index in [9.17, 15) is 4.79 Å². The summed E-state index contributed by atoms with van der Waals surface area (Å²) in [5.74, 6) is 2.31. The van der Waals surface area contributed by atoms with Crippen LogP contribution in [-0.4, -0.2) is 44.7 Å². The van der Waals surface area contributed by atoms with E-state index in [1.165, 1.54) is 11.1 Å². The van der Waals surface area contributed by atoms with Gasteiger partial charge in [0.2, 0.25) is 5.91 Å². The molecule has 140 valence electrons. The maximum absolute atomic E-state index is 12.9. The molecule has 2 atom stereocenters. The van der Waals surface area contributed by atoms with E-state index in [0.717, 1.165) is 56.7 Å². The van der Waals surface area contributed by atoms with Crippen LogP contribution >= 0.6 is 12.4 Å². The molecule has 25 heavy (non-hydrogen) atoms. The average Bonchev–Trinajstić information content (AvgIpc) is 3.00. The van der Waals surface area contributed by atoms with Gasteiger partial charge in [-0.05, 0) is 61.4 Å². The minimum absolute atomic E-state index is 0. The smallest absolute Gasteiger partial charge is 0.226 e. The van der Waals surface area contributed by atoms with E-state index in [2.05, 4.69) is 12.1 Å². The molecule has 1 aromatic carbocycles. The molecule has 1 aliphatic carbocycles. The van der Waals surface area contributed by atoms with Crippen LogP contribution in [0.4, 0.5) is 0 Å². The maximum atomic E-state index is 12.9. The van der Waals surface area contributed by atoms with Gasteiger partial charge in [0.05, 0.1) is 14.2 Å². The Balaban J connectivity index is 0.00000225. The van der Waals surface area contributed by atoms with Crippen molar-refractivity contribution in [2.45, 2.75) is 32.1 Å². The molecular weight excluding hydrogens is 340 g/mol. The zero-order valence-corrected chi connectivity index (χ0v) is 15.9. The summed E-state index contributed by atoms with van der Waals surface area (Å²) in [5.41, 5.74) is 8.37. The highest BCUT2D eigenvalue weighted by atomic mass is 35.5. The molecule has 0 radical (unpaired) electrons. The molecule has 0 aromatic heterocycles. The molecule has 1 heterocycles.